The normalized spacial score (nSPS) is 22.3. The van der Waals surface area contributed by atoms with Crippen LogP contribution in [-0.4, -0.2) is 54.3 Å². The van der Waals surface area contributed by atoms with Gasteiger partial charge in [0.15, 0.2) is 0 Å². The lowest BCUT2D eigenvalue weighted by Crippen LogP contribution is -2.34. The molecular formula is C12H21N7O. The van der Waals surface area contributed by atoms with E-state index >= 15 is 0 Å². The number of hydrogen-bond acceptors (Lipinski definition) is 8. The van der Waals surface area contributed by atoms with Crippen molar-refractivity contribution in [2.45, 2.75) is 25.3 Å². The van der Waals surface area contributed by atoms with E-state index in [4.69, 9.17) is 10.6 Å². The van der Waals surface area contributed by atoms with Gasteiger partial charge < -0.3 is 14.5 Å². The summed E-state index contributed by atoms with van der Waals surface area (Å²) in [5, 5.41) is 0. The molecule has 3 heterocycles. The van der Waals surface area contributed by atoms with Crippen LogP contribution in [0.1, 0.15) is 19.3 Å². The third kappa shape index (κ3) is 2.61. The highest BCUT2D eigenvalue weighted by Crippen LogP contribution is 2.22. The quantitative estimate of drug-likeness (QED) is 0.587. The Hall–Kier alpha value is -1.67. The van der Waals surface area contributed by atoms with E-state index in [-0.39, 0.29) is 0 Å². The third-order valence-electron chi connectivity index (χ3n) is 3.90. The molecule has 0 radical (unpaired) electrons. The summed E-state index contributed by atoms with van der Waals surface area (Å²) in [6, 6.07) is 0.314. The Morgan fingerprint density at radius 3 is 2.75 bits per heavy atom. The molecule has 0 spiro atoms. The number of likely N-dealkylation sites (N-methyl/N-ethyl adjacent to an activating group) is 1. The van der Waals surface area contributed by atoms with Crippen molar-refractivity contribution in [2.24, 2.45) is 5.84 Å². The van der Waals surface area contributed by atoms with Gasteiger partial charge in [-0.2, -0.15) is 15.0 Å². The predicted octanol–water partition coefficient (Wildman–Crippen LogP) is -0.0175. The topological polar surface area (TPSA) is 92.4 Å². The fraction of sp³-hybridized carbons (Fsp3) is 0.750. The minimum absolute atomic E-state index is 0.314. The highest BCUT2D eigenvalue weighted by atomic mass is 16.5. The second-order valence-electron chi connectivity index (χ2n) is 5.23. The summed E-state index contributed by atoms with van der Waals surface area (Å²) >= 11 is 0. The van der Waals surface area contributed by atoms with Crippen molar-refractivity contribution in [3.63, 3.8) is 0 Å². The molecule has 2 saturated heterocycles. The Balaban J connectivity index is 1.86. The maximum Gasteiger partial charge on any atom is 0.243 e. The molecule has 1 unspecified atom stereocenters. The first-order valence-corrected chi connectivity index (χ1v) is 7.06. The van der Waals surface area contributed by atoms with Gasteiger partial charge in [-0.3, -0.25) is 5.43 Å². The van der Waals surface area contributed by atoms with Crippen LogP contribution in [0.15, 0.2) is 0 Å². The molecular weight excluding hydrogens is 258 g/mol. The van der Waals surface area contributed by atoms with Gasteiger partial charge >= 0.3 is 0 Å². The summed E-state index contributed by atoms with van der Waals surface area (Å²) in [7, 11) is 1.99. The van der Waals surface area contributed by atoms with Crippen molar-refractivity contribution < 1.29 is 4.74 Å². The summed E-state index contributed by atoms with van der Waals surface area (Å²) in [6.07, 6.45) is 3.35. The Kier molecular flexibility index (Phi) is 3.83. The maximum atomic E-state index is 5.48. The lowest BCUT2D eigenvalue weighted by atomic mass is 10.2. The molecule has 2 aliphatic heterocycles. The van der Waals surface area contributed by atoms with Crippen LogP contribution in [0.5, 0.6) is 0 Å². The molecule has 0 aromatic carbocycles. The van der Waals surface area contributed by atoms with Crippen LogP contribution < -0.4 is 21.1 Å². The zero-order valence-electron chi connectivity index (χ0n) is 11.7. The molecule has 8 nitrogen and oxygen atoms in total. The molecule has 1 atom stereocenters. The van der Waals surface area contributed by atoms with Crippen molar-refractivity contribution in [2.75, 3.05) is 48.6 Å². The fourth-order valence-corrected chi connectivity index (χ4v) is 2.63. The standard InChI is InChI=1S/C12H21N7O/c1-18(9-4-7-20-8-9)11-14-10(17-13)15-12(16-11)19-5-2-3-6-19/h9H,2-8,13H2,1H3,(H,14,15,16,17). The highest BCUT2D eigenvalue weighted by molar-refractivity contribution is 5.45. The molecule has 2 aliphatic rings. The van der Waals surface area contributed by atoms with Crippen LogP contribution in [0.4, 0.5) is 17.8 Å². The number of nitrogen functional groups attached to an aromatic ring is 1. The number of rotatable bonds is 4. The molecule has 0 amide bonds. The van der Waals surface area contributed by atoms with Crippen LogP contribution >= 0.6 is 0 Å². The Bertz CT molecular complexity index is 457. The van der Waals surface area contributed by atoms with Crippen LogP contribution in [0.2, 0.25) is 0 Å². The molecule has 8 heteroatoms. The number of nitrogens with two attached hydrogens (primary N) is 1. The van der Waals surface area contributed by atoms with Crippen LogP contribution in [0.3, 0.4) is 0 Å². The SMILES string of the molecule is CN(c1nc(NN)nc(N2CCCC2)n1)C1CCOC1. The third-order valence-corrected chi connectivity index (χ3v) is 3.90. The minimum Gasteiger partial charge on any atom is -0.379 e. The number of nitrogens with one attached hydrogen (secondary N) is 1. The Morgan fingerprint density at radius 1 is 1.30 bits per heavy atom. The second kappa shape index (κ2) is 5.76. The first-order valence-electron chi connectivity index (χ1n) is 7.06. The molecule has 20 heavy (non-hydrogen) atoms. The van der Waals surface area contributed by atoms with E-state index in [1.54, 1.807) is 0 Å². The summed E-state index contributed by atoms with van der Waals surface area (Å²) in [6.45, 7) is 3.49. The molecule has 1 aromatic heterocycles. The lowest BCUT2D eigenvalue weighted by Gasteiger charge is -2.25. The second-order valence-corrected chi connectivity index (χ2v) is 5.23. The van der Waals surface area contributed by atoms with Gasteiger partial charge in [0, 0.05) is 26.7 Å². The van der Waals surface area contributed by atoms with E-state index in [9.17, 15) is 0 Å². The summed E-state index contributed by atoms with van der Waals surface area (Å²) in [5.41, 5.74) is 2.53. The van der Waals surface area contributed by atoms with Crippen molar-refractivity contribution >= 4 is 17.8 Å². The first kappa shape index (κ1) is 13.3. The van der Waals surface area contributed by atoms with Gasteiger partial charge in [-0.05, 0) is 19.3 Å². The van der Waals surface area contributed by atoms with Gasteiger partial charge in [-0.15, -0.1) is 0 Å². The maximum absolute atomic E-state index is 5.48. The molecule has 0 saturated carbocycles. The van der Waals surface area contributed by atoms with E-state index in [0.717, 1.165) is 26.1 Å². The van der Waals surface area contributed by atoms with Gasteiger partial charge in [0.2, 0.25) is 17.8 Å². The lowest BCUT2D eigenvalue weighted by molar-refractivity contribution is 0.193. The number of hydrazine groups is 1. The largest absolute Gasteiger partial charge is 0.379 e. The van der Waals surface area contributed by atoms with E-state index in [1.807, 2.05) is 7.05 Å². The number of nitrogens with zero attached hydrogens (tertiary/aromatic N) is 5. The van der Waals surface area contributed by atoms with Crippen molar-refractivity contribution in [1.29, 1.82) is 0 Å². The molecule has 0 aliphatic carbocycles. The van der Waals surface area contributed by atoms with E-state index in [0.29, 0.717) is 30.5 Å². The van der Waals surface area contributed by atoms with Crippen molar-refractivity contribution in [3.05, 3.63) is 0 Å². The van der Waals surface area contributed by atoms with E-state index in [1.165, 1.54) is 12.8 Å². The molecule has 3 N–H and O–H groups in total. The summed E-state index contributed by atoms with van der Waals surface area (Å²) in [5.74, 6) is 7.22. The summed E-state index contributed by atoms with van der Waals surface area (Å²) < 4.78 is 5.42. The smallest absolute Gasteiger partial charge is 0.243 e. The van der Waals surface area contributed by atoms with Gasteiger partial charge in [-0.25, -0.2) is 5.84 Å². The number of anilines is 3. The molecule has 0 bridgehead atoms. The number of ether oxygens (including phenoxy) is 1. The minimum atomic E-state index is 0.314. The van der Waals surface area contributed by atoms with Crippen LogP contribution in [-0.2, 0) is 4.74 Å². The number of aromatic nitrogens is 3. The fourth-order valence-electron chi connectivity index (χ4n) is 2.63. The average molecular weight is 279 g/mol. The Labute approximate surface area is 118 Å². The van der Waals surface area contributed by atoms with Gasteiger partial charge in [0.05, 0.1) is 12.6 Å². The first-order chi connectivity index (χ1) is 9.78. The van der Waals surface area contributed by atoms with Crippen LogP contribution in [0, 0.1) is 0 Å². The molecule has 110 valence electrons. The van der Waals surface area contributed by atoms with E-state index < -0.39 is 0 Å². The van der Waals surface area contributed by atoms with Crippen LogP contribution in [0.25, 0.3) is 0 Å². The molecule has 2 fully saturated rings. The van der Waals surface area contributed by atoms with Crippen molar-refractivity contribution in [3.8, 4) is 0 Å². The molecule has 1 aromatic rings. The highest BCUT2D eigenvalue weighted by Gasteiger charge is 2.24. The van der Waals surface area contributed by atoms with E-state index in [2.05, 4.69) is 30.2 Å². The molecule has 3 rings (SSSR count). The zero-order valence-corrected chi connectivity index (χ0v) is 11.7. The van der Waals surface area contributed by atoms with Gasteiger partial charge in [-0.1, -0.05) is 0 Å². The monoisotopic (exact) mass is 279 g/mol. The van der Waals surface area contributed by atoms with Gasteiger partial charge in [0.25, 0.3) is 0 Å². The Morgan fingerprint density at radius 2 is 2.10 bits per heavy atom. The summed E-state index contributed by atoms with van der Waals surface area (Å²) in [4.78, 5) is 17.5. The number of hydrogen-bond donors (Lipinski definition) is 2. The predicted molar refractivity (Wildman–Crippen MR) is 76.7 cm³/mol. The zero-order chi connectivity index (χ0) is 13.9. The average Bonchev–Trinajstić information content (AvgIpc) is 3.18. The van der Waals surface area contributed by atoms with Gasteiger partial charge in [0.1, 0.15) is 0 Å². The van der Waals surface area contributed by atoms with Crippen molar-refractivity contribution in [1.82, 2.24) is 15.0 Å².